The molecular formula is C24H24. The van der Waals surface area contributed by atoms with E-state index in [-0.39, 0.29) is 0 Å². The van der Waals surface area contributed by atoms with Crippen molar-refractivity contribution in [3.8, 4) is 0 Å². The summed E-state index contributed by atoms with van der Waals surface area (Å²) < 4.78 is 0. The molecular weight excluding hydrogens is 288 g/mol. The zero-order valence-corrected chi connectivity index (χ0v) is 14.9. The molecule has 0 radical (unpaired) electrons. The fourth-order valence-electron chi connectivity index (χ4n) is 3.72. The molecule has 0 N–H and O–H groups in total. The average molecular weight is 312 g/mol. The topological polar surface area (TPSA) is 0 Å². The van der Waals surface area contributed by atoms with Crippen molar-refractivity contribution in [3.63, 3.8) is 0 Å². The summed E-state index contributed by atoms with van der Waals surface area (Å²) in [4.78, 5) is 0. The molecule has 0 fully saturated rings. The van der Waals surface area contributed by atoms with Crippen LogP contribution in [0.15, 0.2) is 60.7 Å². The van der Waals surface area contributed by atoms with Crippen LogP contribution in [0.1, 0.15) is 50.7 Å². The van der Waals surface area contributed by atoms with Gasteiger partial charge < -0.3 is 0 Å². The first-order chi connectivity index (χ1) is 11.5. The van der Waals surface area contributed by atoms with Crippen LogP contribution in [0.5, 0.6) is 0 Å². The Morgan fingerprint density at radius 3 is 1.92 bits per heavy atom. The van der Waals surface area contributed by atoms with Crippen molar-refractivity contribution >= 4 is 32.3 Å². The van der Waals surface area contributed by atoms with Crippen molar-refractivity contribution in [2.45, 2.75) is 39.5 Å². The third kappa shape index (κ3) is 2.38. The number of rotatable bonds is 2. The van der Waals surface area contributed by atoms with Gasteiger partial charge in [-0.15, -0.1) is 0 Å². The molecule has 0 saturated heterocycles. The monoisotopic (exact) mass is 312 g/mol. The van der Waals surface area contributed by atoms with Gasteiger partial charge in [0.2, 0.25) is 0 Å². The molecule has 0 heteroatoms. The molecule has 0 unspecified atom stereocenters. The molecule has 24 heavy (non-hydrogen) atoms. The Kier molecular flexibility index (Phi) is 3.57. The number of benzene rings is 4. The van der Waals surface area contributed by atoms with Gasteiger partial charge in [0, 0.05) is 0 Å². The van der Waals surface area contributed by atoms with E-state index in [4.69, 9.17) is 0 Å². The normalized spacial score (nSPS) is 12.1. The molecule has 0 aliphatic carbocycles. The van der Waals surface area contributed by atoms with E-state index in [1.165, 1.54) is 43.4 Å². The van der Waals surface area contributed by atoms with Crippen molar-refractivity contribution < 1.29 is 0 Å². The largest absolute Gasteiger partial charge is 0.0616 e. The van der Waals surface area contributed by atoms with Crippen LogP contribution in [-0.2, 0) is 0 Å². The number of fused-ring (bicyclic) bond motifs is 4. The highest BCUT2D eigenvalue weighted by molar-refractivity contribution is 6.13. The second kappa shape index (κ2) is 5.63. The third-order valence-electron chi connectivity index (χ3n) is 5.16. The summed E-state index contributed by atoms with van der Waals surface area (Å²) in [6.45, 7) is 9.16. The van der Waals surface area contributed by atoms with Crippen molar-refractivity contribution in [1.29, 1.82) is 0 Å². The van der Waals surface area contributed by atoms with Crippen molar-refractivity contribution in [1.82, 2.24) is 0 Å². The predicted molar refractivity (Wildman–Crippen MR) is 107 cm³/mol. The third-order valence-corrected chi connectivity index (χ3v) is 5.16. The van der Waals surface area contributed by atoms with Crippen LogP contribution < -0.4 is 0 Å². The van der Waals surface area contributed by atoms with E-state index in [9.17, 15) is 0 Å². The standard InChI is InChI=1S/C24H24/c1-15(2)20-13-22(16(3)4)21-10-9-19-11-17-7-5-6-8-18(17)12-23(19)24(21)14-20/h5-16H,1-4H3. The number of hydrogen-bond donors (Lipinski definition) is 0. The highest BCUT2D eigenvalue weighted by atomic mass is 14.2. The van der Waals surface area contributed by atoms with Crippen LogP contribution in [0.2, 0.25) is 0 Å². The van der Waals surface area contributed by atoms with Crippen LogP contribution in [-0.4, -0.2) is 0 Å². The zero-order chi connectivity index (χ0) is 16.8. The lowest BCUT2D eigenvalue weighted by Gasteiger charge is -2.17. The average Bonchev–Trinajstić information content (AvgIpc) is 2.58. The maximum absolute atomic E-state index is 2.41. The lowest BCUT2D eigenvalue weighted by Crippen LogP contribution is -1.96. The van der Waals surface area contributed by atoms with E-state index >= 15 is 0 Å². The van der Waals surface area contributed by atoms with Crippen LogP contribution >= 0.6 is 0 Å². The van der Waals surface area contributed by atoms with Crippen LogP contribution in [0.4, 0.5) is 0 Å². The van der Waals surface area contributed by atoms with E-state index in [2.05, 4.69) is 88.4 Å². The SMILES string of the molecule is CC(C)c1cc(C(C)C)c2ccc3cc4ccccc4cc3c2c1. The van der Waals surface area contributed by atoms with E-state index in [1.54, 1.807) is 0 Å². The van der Waals surface area contributed by atoms with Gasteiger partial charge in [0.1, 0.15) is 0 Å². The molecule has 0 nitrogen and oxygen atoms in total. The minimum Gasteiger partial charge on any atom is -0.0616 e. The van der Waals surface area contributed by atoms with Gasteiger partial charge in [-0.1, -0.05) is 76.2 Å². The maximum Gasteiger partial charge on any atom is -0.00988 e. The van der Waals surface area contributed by atoms with Gasteiger partial charge in [-0.05, 0) is 67.4 Å². The summed E-state index contributed by atoms with van der Waals surface area (Å²) in [7, 11) is 0. The molecule has 0 aliphatic heterocycles. The maximum atomic E-state index is 2.41. The van der Waals surface area contributed by atoms with Crippen molar-refractivity contribution in [3.05, 3.63) is 71.8 Å². The minimum atomic E-state index is 0.532. The van der Waals surface area contributed by atoms with Gasteiger partial charge in [0.05, 0.1) is 0 Å². The Bertz CT molecular complexity index is 1050. The Balaban J connectivity index is 2.17. The Labute approximate surface area is 144 Å². The molecule has 0 bridgehead atoms. The quantitative estimate of drug-likeness (QED) is 0.267. The van der Waals surface area contributed by atoms with E-state index in [0.29, 0.717) is 11.8 Å². The van der Waals surface area contributed by atoms with Crippen LogP contribution in [0.3, 0.4) is 0 Å². The van der Waals surface area contributed by atoms with Crippen molar-refractivity contribution in [2.24, 2.45) is 0 Å². The summed E-state index contributed by atoms with van der Waals surface area (Å²) in [6.07, 6.45) is 0. The zero-order valence-electron chi connectivity index (χ0n) is 14.9. The Hall–Kier alpha value is -2.34. The molecule has 0 saturated carbocycles. The van der Waals surface area contributed by atoms with E-state index in [0.717, 1.165) is 0 Å². The number of hydrogen-bond acceptors (Lipinski definition) is 0. The molecule has 0 atom stereocenters. The van der Waals surface area contributed by atoms with Crippen LogP contribution in [0, 0.1) is 0 Å². The molecule has 0 heterocycles. The van der Waals surface area contributed by atoms with E-state index in [1.807, 2.05) is 0 Å². The summed E-state index contributed by atoms with van der Waals surface area (Å²) in [5.74, 6) is 1.08. The molecule has 0 spiro atoms. The van der Waals surface area contributed by atoms with E-state index < -0.39 is 0 Å². The van der Waals surface area contributed by atoms with Gasteiger partial charge >= 0.3 is 0 Å². The molecule has 120 valence electrons. The molecule has 0 aromatic heterocycles. The fraction of sp³-hybridized carbons (Fsp3) is 0.250. The minimum absolute atomic E-state index is 0.532. The first kappa shape index (κ1) is 15.2. The Morgan fingerprint density at radius 2 is 1.25 bits per heavy atom. The Morgan fingerprint density at radius 1 is 0.542 bits per heavy atom. The fourth-order valence-corrected chi connectivity index (χ4v) is 3.72. The highest BCUT2D eigenvalue weighted by Gasteiger charge is 2.12. The second-order valence-electron chi connectivity index (χ2n) is 7.50. The molecule has 4 aromatic rings. The van der Waals surface area contributed by atoms with Gasteiger partial charge in [-0.25, -0.2) is 0 Å². The van der Waals surface area contributed by atoms with Crippen LogP contribution in [0.25, 0.3) is 32.3 Å². The summed E-state index contributed by atoms with van der Waals surface area (Å²) in [5.41, 5.74) is 2.90. The smallest absolute Gasteiger partial charge is 0.00988 e. The van der Waals surface area contributed by atoms with Gasteiger partial charge in [-0.2, -0.15) is 0 Å². The van der Waals surface area contributed by atoms with Gasteiger partial charge in [0.15, 0.2) is 0 Å². The summed E-state index contributed by atoms with van der Waals surface area (Å²) >= 11 is 0. The lowest BCUT2D eigenvalue weighted by atomic mass is 9.88. The lowest BCUT2D eigenvalue weighted by molar-refractivity contribution is 0.842. The first-order valence-electron chi connectivity index (χ1n) is 8.93. The molecule has 4 aromatic carbocycles. The summed E-state index contributed by atoms with van der Waals surface area (Å²) in [5, 5.41) is 8.13. The second-order valence-corrected chi connectivity index (χ2v) is 7.50. The van der Waals surface area contributed by atoms with Gasteiger partial charge in [-0.3, -0.25) is 0 Å². The van der Waals surface area contributed by atoms with Gasteiger partial charge in [0.25, 0.3) is 0 Å². The predicted octanol–water partition coefficient (Wildman–Crippen LogP) is 7.39. The molecule has 4 rings (SSSR count). The highest BCUT2D eigenvalue weighted by Crippen LogP contribution is 2.35. The van der Waals surface area contributed by atoms with Crippen molar-refractivity contribution in [2.75, 3.05) is 0 Å². The molecule has 0 aliphatic rings. The molecule has 0 amide bonds. The summed E-state index contributed by atoms with van der Waals surface area (Å²) in [6, 6.07) is 22.7. The first-order valence-corrected chi connectivity index (χ1v) is 8.93.